The Morgan fingerprint density at radius 2 is 2.15 bits per heavy atom. The van der Waals surface area contributed by atoms with Crippen molar-refractivity contribution in [2.75, 3.05) is 13.1 Å². The van der Waals surface area contributed by atoms with E-state index in [0.29, 0.717) is 5.92 Å². The lowest BCUT2D eigenvalue weighted by Gasteiger charge is -2.28. The molecule has 1 fully saturated rings. The van der Waals surface area contributed by atoms with Gasteiger partial charge in [-0.2, -0.15) is 0 Å². The fourth-order valence-electron chi connectivity index (χ4n) is 3.77. The molecule has 0 amide bonds. The van der Waals surface area contributed by atoms with Gasteiger partial charge < -0.3 is 9.42 Å². The Bertz CT molecular complexity index is 972. The molecule has 132 valence electrons. The van der Waals surface area contributed by atoms with Crippen molar-refractivity contribution in [3.05, 3.63) is 58.5 Å². The second-order valence-corrected chi connectivity index (χ2v) is 8.91. The number of para-hydroxylation sites is 1. The molecule has 3 aromatic heterocycles. The maximum atomic E-state index is 5.54. The summed E-state index contributed by atoms with van der Waals surface area (Å²) in [5.41, 5.74) is 2.19. The van der Waals surface area contributed by atoms with Gasteiger partial charge in [0.1, 0.15) is 17.2 Å². The minimum Gasteiger partial charge on any atom is -0.355 e. The molecule has 0 bridgehead atoms. The van der Waals surface area contributed by atoms with E-state index < -0.39 is 0 Å². The van der Waals surface area contributed by atoms with Gasteiger partial charge in [0.15, 0.2) is 5.76 Å². The number of thiazole rings is 1. The molecule has 0 spiro atoms. The Kier molecular flexibility index (Phi) is 4.32. The zero-order valence-electron chi connectivity index (χ0n) is 14.4. The van der Waals surface area contributed by atoms with E-state index in [1.54, 1.807) is 16.2 Å². The summed E-state index contributed by atoms with van der Waals surface area (Å²) in [5, 5.41) is 7.66. The topological polar surface area (TPSA) is 43.4 Å². The van der Waals surface area contributed by atoms with E-state index in [1.807, 2.05) is 17.4 Å². The fourth-order valence-corrected chi connectivity index (χ4v) is 5.55. The smallest absolute Gasteiger partial charge is 0.177 e. The summed E-state index contributed by atoms with van der Waals surface area (Å²) in [6.45, 7) is 3.25. The summed E-state index contributed by atoms with van der Waals surface area (Å²) < 4.78 is 6.84. The first kappa shape index (κ1) is 16.2. The van der Waals surface area contributed by atoms with Crippen molar-refractivity contribution in [1.82, 2.24) is 10.1 Å². The maximum Gasteiger partial charge on any atom is 0.177 e. The van der Waals surface area contributed by atoms with Crippen LogP contribution >= 0.6 is 22.7 Å². The van der Waals surface area contributed by atoms with Crippen LogP contribution in [0.4, 0.5) is 0 Å². The number of hydrogen-bond acceptors (Lipinski definition) is 5. The van der Waals surface area contributed by atoms with Crippen molar-refractivity contribution in [2.24, 2.45) is 0 Å². The van der Waals surface area contributed by atoms with Crippen LogP contribution in [0.2, 0.25) is 0 Å². The third-order valence-corrected chi connectivity index (χ3v) is 7.12. The molecule has 4 aromatic rings. The van der Waals surface area contributed by atoms with Crippen LogP contribution < -0.4 is 4.90 Å². The molecule has 0 aliphatic carbocycles. The molecule has 0 saturated carbocycles. The average Bonchev–Trinajstić information content (AvgIpc) is 3.41. The quantitative estimate of drug-likeness (QED) is 0.581. The van der Waals surface area contributed by atoms with Crippen LogP contribution in [-0.2, 0) is 6.54 Å². The van der Waals surface area contributed by atoms with Gasteiger partial charge in [-0.1, -0.05) is 23.4 Å². The lowest BCUT2D eigenvalue weighted by molar-refractivity contribution is -0.920. The number of nitrogens with zero attached hydrogens (tertiary/aromatic N) is 2. The number of benzene rings is 1. The normalized spacial score (nSPS) is 20.6. The molecule has 6 heteroatoms. The molecular formula is C20H20N3OS2+. The van der Waals surface area contributed by atoms with Gasteiger partial charge in [-0.15, -0.1) is 22.7 Å². The molecule has 1 aromatic carbocycles. The Morgan fingerprint density at radius 1 is 1.19 bits per heavy atom. The number of aromatic nitrogens is 2. The van der Waals surface area contributed by atoms with Crippen LogP contribution in [0.5, 0.6) is 0 Å². The summed E-state index contributed by atoms with van der Waals surface area (Å²) in [4.78, 5) is 7.61. The van der Waals surface area contributed by atoms with E-state index in [1.165, 1.54) is 29.1 Å². The van der Waals surface area contributed by atoms with Gasteiger partial charge in [0, 0.05) is 6.07 Å². The molecule has 5 rings (SSSR count). The Hall–Kier alpha value is -2.02. The number of thiophene rings is 1. The predicted molar refractivity (Wildman–Crippen MR) is 106 cm³/mol. The first-order chi connectivity index (χ1) is 12.8. The molecule has 1 aliphatic heterocycles. The van der Waals surface area contributed by atoms with Gasteiger partial charge in [-0.25, -0.2) is 4.98 Å². The van der Waals surface area contributed by atoms with Gasteiger partial charge >= 0.3 is 0 Å². The molecule has 1 aliphatic rings. The Morgan fingerprint density at radius 3 is 3.04 bits per heavy atom. The Balaban J connectivity index is 1.30. The third kappa shape index (κ3) is 3.20. The highest BCUT2D eigenvalue weighted by atomic mass is 32.1. The van der Waals surface area contributed by atoms with Gasteiger partial charge in [-0.3, -0.25) is 0 Å². The van der Waals surface area contributed by atoms with Crippen molar-refractivity contribution in [2.45, 2.75) is 25.3 Å². The minimum absolute atomic E-state index is 0.555. The van der Waals surface area contributed by atoms with Crippen LogP contribution in [0.3, 0.4) is 0 Å². The number of rotatable bonds is 4. The van der Waals surface area contributed by atoms with Crippen molar-refractivity contribution in [3.63, 3.8) is 0 Å². The zero-order chi connectivity index (χ0) is 17.3. The number of piperidine rings is 1. The summed E-state index contributed by atoms with van der Waals surface area (Å²) in [6.07, 6.45) is 2.48. The van der Waals surface area contributed by atoms with Crippen molar-refractivity contribution in [1.29, 1.82) is 0 Å². The highest BCUT2D eigenvalue weighted by Gasteiger charge is 2.27. The van der Waals surface area contributed by atoms with E-state index in [4.69, 9.17) is 9.51 Å². The molecular weight excluding hydrogens is 362 g/mol. The van der Waals surface area contributed by atoms with Crippen molar-refractivity contribution < 1.29 is 9.42 Å². The zero-order valence-corrected chi connectivity index (χ0v) is 16.0. The highest BCUT2D eigenvalue weighted by molar-refractivity contribution is 7.18. The SMILES string of the molecule is c1csc(-c2cc(C[NH+]3CCC[C@H](c4nc5ccccc5s4)C3)no2)c1. The average molecular weight is 383 g/mol. The molecule has 26 heavy (non-hydrogen) atoms. The van der Waals surface area contributed by atoms with E-state index >= 15 is 0 Å². The number of likely N-dealkylation sites (tertiary alicyclic amines) is 1. The Labute approximate surface area is 160 Å². The van der Waals surface area contributed by atoms with E-state index in [2.05, 4.69) is 46.9 Å². The standard InChI is InChI=1S/C20H19N3OS2/c1-2-7-18-16(6-1)21-20(26-18)14-5-3-9-23(12-14)13-15-11-17(24-22-15)19-8-4-10-25-19/h1-2,4,6-8,10-11,14H,3,5,9,12-13H2/p+1/t14-/m0/s1. The molecule has 4 nitrogen and oxygen atoms in total. The fraction of sp³-hybridized carbons (Fsp3) is 0.300. The molecule has 1 saturated heterocycles. The second-order valence-electron chi connectivity index (χ2n) is 6.90. The summed E-state index contributed by atoms with van der Waals surface area (Å²) in [7, 11) is 0. The third-order valence-electron chi connectivity index (χ3n) is 5.03. The van der Waals surface area contributed by atoms with Gasteiger partial charge in [0.05, 0.1) is 34.1 Å². The molecule has 4 heterocycles. The van der Waals surface area contributed by atoms with Crippen LogP contribution in [-0.4, -0.2) is 23.2 Å². The highest BCUT2D eigenvalue weighted by Crippen LogP contribution is 2.30. The van der Waals surface area contributed by atoms with Gasteiger partial charge in [-0.05, 0) is 36.4 Å². The number of quaternary nitrogens is 1. The number of hydrogen-bond donors (Lipinski definition) is 1. The van der Waals surface area contributed by atoms with E-state index in [9.17, 15) is 0 Å². The summed E-state index contributed by atoms with van der Waals surface area (Å²) in [5.74, 6) is 1.44. The maximum absolute atomic E-state index is 5.54. The van der Waals surface area contributed by atoms with Gasteiger partial charge in [0.25, 0.3) is 0 Å². The molecule has 1 N–H and O–H groups in total. The van der Waals surface area contributed by atoms with Crippen LogP contribution in [0.15, 0.2) is 52.4 Å². The summed E-state index contributed by atoms with van der Waals surface area (Å²) >= 11 is 3.54. The van der Waals surface area contributed by atoms with Gasteiger partial charge in [0.2, 0.25) is 0 Å². The monoisotopic (exact) mass is 382 g/mol. The lowest BCUT2D eigenvalue weighted by atomic mass is 9.98. The lowest BCUT2D eigenvalue weighted by Crippen LogP contribution is -3.12. The van der Waals surface area contributed by atoms with Crippen LogP contribution in [0.25, 0.3) is 20.9 Å². The largest absolute Gasteiger partial charge is 0.355 e. The minimum atomic E-state index is 0.555. The number of fused-ring (bicyclic) bond motifs is 1. The first-order valence-electron chi connectivity index (χ1n) is 9.04. The van der Waals surface area contributed by atoms with E-state index in [0.717, 1.165) is 34.9 Å². The summed E-state index contributed by atoms with van der Waals surface area (Å²) in [6, 6.07) is 14.7. The molecule has 1 unspecified atom stereocenters. The van der Waals surface area contributed by atoms with Crippen molar-refractivity contribution in [3.8, 4) is 10.6 Å². The van der Waals surface area contributed by atoms with Crippen LogP contribution in [0.1, 0.15) is 29.5 Å². The van der Waals surface area contributed by atoms with Crippen LogP contribution in [0, 0.1) is 0 Å². The van der Waals surface area contributed by atoms with E-state index in [-0.39, 0.29) is 0 Å². The second kappa shape index (κ2) is 6.95. The molecule has 2 atom stereocenters. The predicted octanol–water partition coefficient (Wildman–Crippen LogP) is 3.98. The first-order valence-corrected chi connectivity index (χ1v) is 10.7. The van der Waals surface area contributed by atoms with Crippen molar-refractivity contribution >= 4 is 32.9 Å². The number of nitrogens with one attached hydrogen (secondary N) is 1. The molecule has 0 radical (unpaired) electrons.